The van der Waals surface area contributed by atoms with Gasteiger partial charge in [-0.2, -0.15) is 0 Å². The van der Waals surface area contributed by atoms with E-state index in [1.165, 1.54) is 32.1 Å². The number of aliphatic imine (C=N–C) groups is 1. The molecule has 0 aromatic heterocycles. The molecule has 0 unspecified atom stereocenters. The van der Waals surface area contributed by atoms with E-state index in [1.54, 1.807) is 7.05 Å². The van der Waals surface area contributed by atoms with Crippen molar-refractivity contribution in [2.45, 2.75) is 58.4 Å². The second-order valence-corrected chi connectivity index (χ2v) is 7.01. The summed E-state index contributed by atoms with van der Waals surface area (Å²) < 4.78 is 0. The Morgan fingerprint density at radius 3 is 2.42 bits per heavy atom. The van der Waals surface area contributed by atoms with Gasteiger partial charge in [-0.3, -0.25) is 9.79 Å². The lowest BCUT2D eigenvalue weighted by molar-refractivity contribution is -0.121. The number of halogens is 1. The van der Waals surface area contributed by atoms with Gasteiger partial charge in [0.1, 0.15) is 0 Å². The minimum Gasteiger partial charge on any atom is -0.370 e. The fourth-order valence-electron chi connectivity index (χ4n) is 3.43. The molecule has 0 saturated heterocycles. The van der Waals surface area contributed by atoms with Crippen molar-refractivity contribution < 1.29 is 4.79 Å². The number of carbonyl (C=O) groups excluding carboxylic acids is 1. The Morgan fingerprint density at radius 1 is 1.19 bits per heavy atom. The average Bonchev–Trinajstić information content (AvgIpc) is 2.65. The lowest BCUT2D eigenvalue weighted by Crippen LogP contribution is -2.30. The molecule has 6 heteroatoms. The van der Waals surface area contributed by atoms with Crippen LogP contribution in [0.3, 0.4) is 0 Å². The lowest BCUT2D eigenvalue weighted by atomic mass is 9.79. The Hall–Kier alpha value is -1.31. The molecular formula is C20H33IN4O. The van der Waals surface area contributed by atoms with Gasteiger partial charge in [0, 0.05) is 25.2 Å². The highest BCUT2D eigenvalue weighted by molar-refractivity contribution is 14.0. The summed E-state index contributed by atoms with van der Waals surface area (Å²) in [6.07, 6.45) is 8.36. The number of hydrogen-bond acceptors (Lipinski definition) is 2. The molecule has 0 bridgehead atoms. The molecule has 146 valence electrons. The van der Waals surface area contributed by atoms with Gasteiger partial charge in [-0.1, -0.05) is 38.3 Å². The third-order valence-corrected chi connectivity index (χ3v) is 5.12. The molecule has 1 amide bonds. The summed E-state index contributed by atoms with van der Waals surface area (Å²) in [6.45, 7) is 2.87. The summed E-state index contributed by atoms with van der Waals surface area (Å²) in [7, 11) is 1.65. The van der Waals surface area contributed by atoms with Crippen LogP contribution in [0.25, 0.3) is 0 Å². The molecule has 1 aromatic rings. The lowest BCUT2D eigenvalue weighted by Gasteiger charge is -2.27. The fraction of sp³-hybridized carbons (Fsp3) is 0.600. The van der Waals surface area contributed by atoms with E-state index >= 15 is 0 Å². The van der Waals surface area contributed by atoms with Crippen molar-refractivity contribution in [1.82, 2.24) is 5.32 Å². The number of hydrogen-bond donors (Lipinski definition) is 3. The van der Waals surface area contributed by atoms with Crippen LogP contribution in [-0.4, -0.2) is 18.9 Å². The van der Waals surface area contributed by atoms with Crippen LogP contribution in [0, 0.1) is 11.8 Å². The van der Waals surface area contributed by atoms with Crippen LogP contribution in [0.1, 0.15) is 57.4 Å². The summed E-state index contributed by atoms with van der Waals surface area (Å²) in [4.78, 5) is 16.3. The first kappa shape index (κ1) is 22.7. The van der Waals surface area contributed by atoms with Gasteiger partial charge in [-0.15, -0.1) is 24.0 Å². The fourth-order valence-corrected chi connectivity index (χ4v) is 3.43. The molecule has 0 heterocycles. The van der Waals surface area contributed by atoms with Crippen LogP contribution in [0.15, 0.2) is 29.3 Å². The van der Waals surface area contributed by atoms with E-state index in [4.69, 9.17) is 5.73 Å². The van der Waals surface area contributed by atoms with Crippen LogP contribution >= 0.6 is 24.0 Å². The van der Waals surface area contributed by atoms with Crippen molar-refractivity contribution in [2.75, 3.05) is 12.4 Å². The number of rotatable bonds is 7. The van der Waals surface area contributed by atoms with Crippen LogP contribution in [-0.2, 0) is 11.3 Å². The highest BCUT2D eigenvalue weighted by Crippen LogP contribution is 2.32. The van der Waals surface area contributed by atoms with Gasteiger partial charge in [-0.25, -0.2) is 0 Å². The number of carbonyl (C=O) groups is 1. The van der Waals surface area contributed by atoms with Crippen molar-refractivity contribution in [3.05, 3.63) is 29.8 Å². The maximum atomic E-state index is 12.5. The van der Waals surface area contributed by atoms with Crippen molar-refractivity contribution >= 4 is 41.5 Å². The molecule has 1 aromatic carbocycles. The molecule has 4 N–H and O–H groups in total. The Kier molecular flexibility index (Phi) is 10.6. The standard InChI is InChI=1S/C20H32N4O.HI/c1-3-4-5-15-6-10-17(11-7-15)19(25)24-18-12-8-16(9-13-18)14-23-20(21)22-2;/h8-9,12-13,15,17H,3-7,10-11,14H2,1-2H3,(H,24,25)(H3,21,22,23);1H. The molecule has 0 spiro atoms. The zero-order valence-electron chi connectivity index (χ0n) is 16.0. The minimum atomic E-state index is 0. The van der Waals surface area contributed by atoms with E-state index in [2.05, 4.69) is 22.5 Å². The number of anilines is 1. The molecule has 0 radical (unpaired) electrons. The maximum Gasteiger partial charge on any atom is 0.227 e. The summed E-state index contributed by atoms with van der Waals surface area (Å²) in [5.74, 6) is 1.59. The number of nitrogens with zero attached hydrogens (tertiary/aromatic N) is 1. The average molecular weight is 472 g/mol. The molecule has 26 heavy (non-hydrogen) atoms. The van der Waals surface area contributed by atoms with Gasteiger partial charge in [0.15, 0.2) is 5.96 Å². The van der Waals surface area contributed by atoms with Crippen molar-refractivity contribution in [3.63, 3.8) is 0 Å². The molecule has 1 aliphatic rings. The topological polar surface area (TPSA) is 79.5 Å². The normalized spacial score (nSPS) is 20.2. The van der Waals surface area contributed by atoms with Gasteiger partial charge in [0.25, 0.3) is 0 Å². The SMILES string of the molecule is CCCCC1CCC(C(=O)Nc2ccc(CNC(N)=NC)cc2)CC1.I. The Balaban J connectivity index is 0.00000338. The van der Waals surface area contributed by atoms with E-state index < -0.39 is 0 Å². The second-order valence-electron chi connectivity index (χ2n) is 7.01. The number of nitrogens with two attached hydrogens (primary N) is 1. The second kappa shape index (κ2) is 12.1. The Bertz CT molecular complexity index is 566. The molecule has 1 aliphatic carbocycles. The van der Waals surface area contributed by atoms with Gasteiger partial charge >= 0.3 is 0 Å². The van der Waals surface area contributed by atoms with Crippen molar-refractivity contribution in [3.8, 4) is 0 Å². The predicted octanol–water partition coefficient (Wildman–Crippen LogP) is 4.27. The highest BCUT2D eigenvalue weighted by atomic mass is 127. The molecule has 0 aliphatic heterocycles. The third kappa shape index (κ3) is 7.51. The first-order valence-electron chi connectivity index (χ1n) is 9.48. The third-order valence-electron chi connectivity index (χ3n) is 5.12. The molecule has 1 saturated carbocycles. The van der Waals surface area contributed by atoms with Crippen LogP contribution < -0.4 is 16.4 Å². The van der Waals surface area contributed by atoms with Crippen molar-refractivity contribution in [2.24, 2.45) is 22.6 Å². The zero-order valence-corrected chi connectivity index (χ0v) is 18.3. The molecule has 1 fully saturated rings. The van der Waals surface area contributed by atoms with E-state index in [0.29, 0.717) is 12.5 Å². The highest BCUT2D eigenvalue weighted by Gasteiger charge is 2.25. The van der Waals surface area contributed by atoms with E-state index in [-0.39, 0.29) is 35.8 Å². The van der Waals surface area contributed by atoms with Crippen LogP contribution in [0.4, 0.5) is 5.69 Å². The molecule has 0 atom stereocenters. The van der Waals surface area contributed by atoms with Gasteiger partial charge in [-0.05, 0) is 49.3 Å². The van der Waals surface area contributed by atoms with Gasteiger partial charge < -0.3 is 16.4 Å². The molecule has 5 nitrogen and oxygen atoms in total. The van der Waals surface area contributed by atoms with Crippen LogP contribution in [0.2, 0.25) is 0 Å². The zero-order chi connectivity index (χ0) is 18.1. The van der Waals surface area contributed by atoms with E-state index in [1.807, 2.05) is 24.3 Å². The Labute approximate surface area is 174 Å². The number of amides is 1. The number of nitrogens with one attached hydrogen (secondary N) is 2. The minimum absolute atomic E-state index is 0. The number of benzene rings is 1. The smallest absolute Gasteiger partial charge is 0.227 e. The Morgan fingerprint density at radius 2 is 1.85 bits per heavy atom. The predicted molar refractivity (Wildman–Crippen MR) is 120 cm³/mol. The maximum absolute atomic E-state index is 12.5. The van der Waals surface area contributed by atoms with Crippen molar-refractivity contribution in [1.29, 1.82) is 0 Å². The van der Waals surface area contributed by atoms with Crippen LogP contribution in [0.5, 0.6) is 0 Å². The summed E-state index contributed by atoms with van der Waals surface area (Å²) in [5.41, 5.74) is 7.58. The summed E-state index contributed by atoms with van der Waals surface area (Å²) in [5, 5.41) is 6.08. The largest absolute Gasteiger partial charge is 0.370 e. The molecular weight excluding hydrogens is 439 g/mol. The monoisotopic (exact) mass is 472 g/mol. The van der Waals surface area contributed by atoms with E-state index in [0.717, 1.165) is 30.0 Å². The first-order valence-corrected chi connectivity index (χ1v) is 9.48. The number of guanidine groups is 1. The summed E-state index contributed by atoms with van der Waals surface area (Å²) >= 11 is 0. The van der Waals surface area contributed by atoms with E-state index in [9.17, 15) is 4.79 Å². The quantitative estimate of drug-likeness (QED) is 0.315. The number of unbranched alkanes of at least 4 members (excludes halogenated alkanes) is 1. The summed E-state index contributed by atoms with van der Waals surface area (Å²) in [6, 6.07) is 7.88. The van der Waals surface area contributed by atoms with Gasteiger partial charge in [0.05, 0.1) is 0 Å². The molecule has 2 rings (SSSR count). The first-order chi connectivity index (χ1) is 12.1. The van der Waals surface area contributed by atoms with Gasteiger partial charge in [0.2, 0.25) is 5.91 Å².